The van der Waals surface area contributed by atoms with Gasteiger partial charge >= 0.3 is 0 Å². The first-order valence-corrected chi connectivity index (χ1v) is 7.78. The van der Waals surface area contributed by atoms with Gasteiger partial charge in [0.25, 0.3) is 5.91 Å². The smallest absolute Gasteiger partial charge is 0.255 e. The molecule has 2 N–H and O–H groups in total. The number of pyridine rings is 1. The molecule has 0 radical (unpaired) electrons. The molecule has 0 saturated heterocycles. The van der Waals surface area contributed by atoms with Crippen molar-refractivity contribution < 1.29 is 19.4 Å². The molecule has 0 unspecified atom stereocenters. The lowest BCUT2D eigenvalue weighted by Gasteiger charge is -2.18. The van der Waals surface area contributed by atoms with E-state index >= 15 is 0 Å². The molecule has 0 saturated carbocycles. The monoisotopic (exact) mass is 345 g/mol. The number of hydrogen-bond donors (Lipinski definition) is 2. The zero-order valence-corrected chi connectivity index (χ0v) is 14.8. The molecule has 1 atom stereocenters. The number of amides is 1. The normalized spacial score (nSPS) is 11.6. The van der Waals surface area contributed by atoms with Crippen molar-refractivity contribution in [1.82, 2.24) is 10.3 Å². The summed E-state index contributed by atoms with van der Waals surface area (Å²) >= 11 is 0. The van der Waals surface area contributed by atoms with E-state index in [1.165, 1.54) is 7.11 Å². The minimum atomic E-state index is -0.937. The second-order valence-electron chi connectivity index (χ2n) is 5.60. The SMILES string of the molecule is COc1ccc(OC)c([C@@H](O)CNC(=O)c2cccnc2N(C)C)c1. The lowest BCUT2D eigenvalue weighted by molar-refractivity contribution is 0.0914. The predicted octanol–water partition coefficient (Wildman–Crippen LogP) is 1.63. The first-order chi connectivity index (χ1) is 12.0. The average Bonchev–Trinajstić information content (AvgIpc) is 2.65. The van der Waals surface area contributed by atoms with Crippen LogP contribution in [0.4, 0.5) is 5.82 Å². The number of hydrogen-bond acceptors (Lipinski definition) is 6. The van der Waals surface area contributed by atoms with Crippen LogP contribution in [0.3, 0.4) is 0 Å². The van der Waals surface area contributed by atoms with E-state index in [9.17, 15) is 9.90 Å². The highest BCUT2D eigenvalue weighted by atomic mass is 16.5. The lowest BCUT2D eigenvalue weighted by atomic mass is 10.1. The molecule has 2 rings (SSSR count). The van der Waals surface area contributed by atoms with Gasteiger partial charge in [-0.2, -0.15) is 0 Å². The Kier molecular flexibility index (Phi) is 6.19. The molecule has 1 aromatic heterocycles. The fourth-order valence-electron chi connectivity index (χ4n) is 2.42. The molecule has 2 aromatic rings. The molecule has 7 nitrogen and oxygen atoms in total. The number of nitrogens with zero attached hydrogens (tertiary/aromatic N) is 2. The Morgan fingerprint density at radius 2 is 2.04 bits per heavy atom. The summed E-state index contributed by atoms with van der Waals surface area (Å²) in [5.74, 6) is 1.38. The van der Waals surface area contributed by atoms with Crippen LogP contribution in [-0.2, 0) is 0 Å². The summed E-state index contributed by atoms with van der Waals surface area (Å²) in [5.41, 5.74) is 0.985. The number of carbonyl (C=O) groups is 1. The average molecular weight is 345 g/mol. The van der Waals surface area contributed by atoms with E-state index < -0.39 is 6.10 Å². The van der Waals surface area contributed by atoms with E-state index in [4.69, 9.17) is 9.47 Å². The van der Waals surface area contributed by atoms with Gasteiger partial charge in [0.05, 0.1) is 19.8 Å². The zero-order chi connectivity index (χ0) is 18.4. The van der Waals surface area contributed by atoms with Crippen LogP contribution >= 0.6 is 0 Å². The highest BCUT2D eigenvalue weighted by molar-refractivity contribution is 5.98. The van der Waals surface area contributed by atoms with E-state index in [1.807, 2.05) is 14.1 Å². The van der Waals surface area contributed by atoms with Crippen LogP contribution in [0.25, 0.3) is 0 Å². The van der Waals surface area contributed by atoms with Gasteiger partial charge in [0.2, 0.25) is 0 Å². The number of benzene rings is 1. The summed E-state index contributed by atoms with van der Waals surface area (Å²) in [7, 11) is 6.70. The Hall–Kier alpha value is -2.80. The summed E-state index contributed by atoms with van der Waals surface area (Å²) in [6.07, 6.45) is 0.690. The highest BCUT2D eigenvalue weighted by Gasteiger charge is 2.18. The first kappa shape index (κ1) is 18.5. The molecule has 0 aliphatic carbocycles. The second-order valence-corrected chi connectivity index (χ2v) is 5.60. The quantitative estimate of drug-likeness (QED) is 0.793. The molecular weight excluding hydrogens is 322 g/mol. The largest absolute Gasteiger partial charge is 0.497 e. The molecule has 0 aliphatic heterocycles. The predicted molar refractivity (Wildman–Crippen MR) is 95.4 cm³/mol. The van der Waals surface area contributed by atoms with Crippen LogP contribution in [0.1, 0.15) is 22.0 Å². The molecule has 0 aliphatic rings. The highest BCUT2D eigenvalue weighted by Crippen LogP contribution is 2.29. The van der Waals surface area contributed by atoms with E-state index in [0.717, 1.165) is 0 Å². The van der Waals surface area contributed by atoms with Crippen molar-refractivity contribution in [3.05, 3.63) is 47.7 Å². The topological polar surface area (TPSA) is 83.9 Å². The van der Waals surface area contributed by atoms with Crippen LogP contribution in [0.2, 0.25) is 0 Å². The Bertz CT molecular complexity index is 734. The number of methoxy groups -OCH3 is 2. The maximum atomic E-state index is 12.4. The molecule has 1 amide bonds. The maximum Gasteiger partial charge on any atom is 0.255 e. The lowest BCUT2D eigenvalue weighted by Crippen LogP contribution is -2.30. The Labute approximate surface area is 147 Å². The van der Waals surface area contributed by atoms with Crippen molar-refractivity contribution in [3.8, 4) is 11.5 Å². The third-order valence-electron chi connectivity index (χ3n) is 3.71. The Morgan fingerprint density at radius 1 is 1.28 bits per heavy atom. The van der Waals surface area contributed by atoms with Gasteiger partial charge in [0, 0.05) is 32.4 Å². The van der Waals surface area contributed by atoms with Crippen molar-refractivity contribution in [2.24, 2.45) is 0 Å². The van der Waals surface area contributed by atoms with Gasteiger partial charge in [0.15, 0.2) is 0 Å². The first-order valence-electron chi connectivity index (χ1n) is 7.78. The number of aliphatic hydroxyl groups excluding tert-OH is 1. The van der Waals surface area contributed by atoms with Crippen LogP contribution in [-0.4, -0.2) is 50.9 Å². The Morgan fingerprint density at radius 3 is 2.68 bits per heavy atom. The van der Waals surface area contributed by atoms with Gasteiger partial charge in [-0.25, -0.2) is 4.98 Å². The number of nitrogens with one attached hydrogen (secondary N) is 1. The summed E-state index contributed by atoms with van der Waals surface area (Å²) in [6.45, 7) is 0.0319. The van der Waals surface area contributed by atoms with E-state index in [1.54, 1.807) is 48.5 Å². The van der Waals surface area contributed by atoms with Crippen LogP contribution in [0.5, 0.6) is 11.5 Å². The van der Waals surface area contributed by atoms with Crippen molar-refractivity contribution in [2.45, 2.75) is 6.10 Å². The third kappa shape index (κ3) is 4.39. The molecule has 134 valence electrons. The van der Waals surface area contributed by atoms with Crippen LogP contribution in [0, 0.1) is 0 Å². The van der Waals surface area contributed by atoms with Gasteiger partial charge in [-0.15, -0.1) is 0 Å². The summed E-state index contributed by atoms with van der Waals surface area (Å²) in [6, 6.07) is 8.53. The van der Waals surface area contributed by atoms with Gasteiger partial charge in [-0.3, -0.25) is 4.79 Å². The fourth-order valence-corrected chi connectivity index (χ4v) is 2.42. The molecule has 0 bridgehead atoms. The van der Waals surface area contributed by atoms with Crippen LogP contribution in [0.15, 0.2) is 36.5 Å². The third-order valence-corrected chi connectivity index (χ3v) is 3.71. The molecule has 25 heavy (non-hydrogen) atoms. The second kappa shape index (κ2) is 8.34. The molecule has 1 aromatic carbocycles. The summed E-state index contributed by atoms with van der Waals surface area (Å²) in [4.78, 5) is 18.4. The number of ether oxygens (including phenoxy) is 2. The number of anilines is 1. The minimum Gasteiger partial charge on any atom is -0.497 e. The standard InChI is InChI=1S/C18H23N3O4/c1-21(2)17-13(6-5-9-19-17)18(23)20-11-15(22)14-10-12(24-3)7-8-16(14)25-4/h5-10,15,22H,11H2,1-4H3,(H,20,23)/t15-/m0/s1. The van der Waals surface area contributed by atoms with Crippen molar-refractivity contribution in [2.75, 3.05) is 39.8 Å². The van der Waals surface area contributed by atoms with E-state index in [2.05, 4.69) is 10.3 Å². The number of aromatic nitrogens is 1. The van der Waals surface area contributed by atoms with E-state index in [0.29, 0.717) is 28.4 Å². The number of aliphatic hydroxyl groups is 1. The van der Waals surface area contributed by atoms with Crippen molar-refractivity contribution in [1.29, 1.82) is 0 Å². The molecule has 7 heteroatoms. The van der Waals surface area contributed by atoms with Gasteiger partial charge in [0.1, 0.15) is 23.4 Å². The number of rotatable bonds is 7. The number of carbonyl (C=O) groups excluding carboxylic acids is 1. The van der Waals surface area contributed by atoms with Crippen molar-refractivity contribution >= 4 is 11.7 Å². The van der Waals surface area contributed by atoms with E-state index in [-0.39, 0.29) is 12.5 Å². The molecule has 0 spiro atoms. The molecular formula is C18H23N3O4. The molecule has 0 fully saturated rings. The van der Waals surface area contributed by atoms with Gasteiger partial charge < -0.3 is 24.8 Å². The fraction of sp³-hybridized carbons (Fsp3) is 0.333. The zero-order valence-electron chi connectivity index (χ0n) is 14.8. The van der Waals surface area contributed by atoms with Crippen LogP contribution < -0.4 is 19.7 Å². The Balaban J connectivity index is 2.12. The summed E-state index contributed by atoms with van der Waals surface area (Å²) < 4.78 is 10.4. The minimum absolute atomic E-state index is 0.0319. The summed E-state index contributed by atoms with van der Waals surface area (Å²) in [5, 5.41) is 13.2. The maximum absolute atomic E-state index is 12.4. The van der Waals surface area contributed by atoms with Crippen molar-refractivity contribution in [3.63, 3.8) is 0 Å². The van der Waals surface area contributed by atoms with Gasteiger partial charge in [-0.1, -0.05) is 0 Å². The van der Waals surface area contributed by atoms with Gasteiger partial charge in [-0.05, 0) is 30.3 Å². The molecule has 1 heterocycles.